The summed E-state index contributed by atoms with van der Waals surface area (Å²) in [6.07, 6.45) is -4.87. The fourth-order valence-corrected chi connectivity index (χ4v) is 10.5. The quantitative estimate of drug-likeness (QED) is 0.0172. The van der Waals surface area contributed by atoms with Gasteiger partial charge in [-0.2, -0.15) is 0 Å². The van der Waals surface area contributed by atoms with Crippen LogP contribution in [0.1, 0.15) is 130 Å². The smallest absolute Gasteiger partial charge is 0.394 e. The van der Waals surface area contributed by atoms with Gasteiger partial charge in [0.15, 0.2) is 18.9 Å². The van der Waals surface area contributed by atoms with Gasteiger partial charge in [-0.1, -0.05) is 53.4 Å². The van der Waals surface area contributed by atoms with Crippen molar-refractivity contribution in [3.63, 3.8) is 0 Å². The zero-order chi connectivity index (χ0) is 72.0. The molecule has 34 nitrogen and oxygen atoms in total. The van der Waals surface area contributed by atoms with E-state index in [0.29, 0.717) is 52.0 Å². The molecule has 0 saturated carbocycles. The number of ether oxygens (including phenoxy) is 10. The number of amides is 5. The molecule has 570 valence electrons. The van der Waals surface area contributed by atoms with Crippen LogP contribution in [0.15, 0.2) is 0 Å². The third kappa shape index (κ3) is 37.4. The Morgan fingerprint density at radius 3 is 1.19 bits per heavy atom. The second kappa shape index (κ2) is 52.6. The van der Waals surface area contributed by atoms with Crippen LogP contribution >= 0.6 is 7.82 Å². The molecule has 3 rings (SSSR count). The third-order valence-corrected chi connectivity index (χ3v) is 17.1. The molecular weight excluding hydrogens is 1310 g/mol. The fraction of sp³-hybridized carbons (Fsp3) is 0.919. The molecule has 3 fully saturated rings. The van der Waals surface area contributed by atoms with Gasteiger partial charge in [-0.25, -0.2) is 4.57 Å². The average Bonchev–Trinajstić information content (AvgIpc) is 0.866. The lowest BCUT2D eigenvalue weighted by atomic mass is 9.92. The van der Waals surface area contributed by atoms with E-state index in [1.165, 1.54) is 0 Å². The molecule has 0 aromatic carbocycles. The Bertz CT molecular complexity index is 1990. The summed E-state index contributed by atoms with van der Waals surface area (Å²) in [6, 6.07) is 0. The zero-order valence-electron chi connectivity index (χ0n) is 57.5. The lowest BCUT2D eigenvalue weighted by molar-refractivity contribution is -0.282. The van der Waals surface area contributed by atoms with Crippen LogP contribution in [0.5, 0.6) is 0 Å². The first-order valence-corrected chi connectivity index (χ1v) is 35.6. The Labute approximate surface area is 570 Å². The highest BCUT2D eigenvalue weighted by molar-refractivity contribution is 7.47. The van der Waals surface area contributed by atoms with Crippen molar-refractivity contribution in [2.24, 2.45) is 23.5 Å². The molecule has 3 aliphatic rings. The highest BCUT2D eigenvalue weighted by atomic mass is 31.2. The number of nitrogens with one attached hydrogen (secondary N) is 5. The lowest BCUT2D eigenvalue weighted by Gasteiger charge is -2.40. The Balaban J connectivity index is 0.00000221. The molecule has 7 unspecified atom stereocenters. The Morgan fingerprint density at radius 2 is 0.814 bits per heavy atom. The van der Waals surface area contributed by atoms with Crippen molar-refractivity contribution >= 4 is 37.4 Å². The topological polar surface area (TPSA) is 502 Å². The molecule has 3 heterocycles. The van der Waals surface area contributed by atoms with E-state index in [9.17, 15) is 74.5 Å². The van der Waals surface area contributed by atoms with Crippen LogP contribution in [0.25, 0.3) is 0 Å². The van der Waals surface area contributed by atoms with Crippen LogP contribution in [0.4, 0.5) is 0 Å². The highest BCUT2D eigenvalue weighted by Crippen LogP contribution is 2.42. The van der Waals surface area contributed by atoms with Gasteiger partial charge in [-0.05, 0) is 57.9 Å². The second-order valence-electron chi connectivity index (χ2n) is 24.4. The van der Waals surface area contributed by atoms with E-state index < -0.39 is 143 Å². The summed E-state index contributed by atoms with van der Waals surface area (Å²) in [7, 11) is -2.61. The number of nitrogens with two attached hydrogens (primary N) is 1. The van der Waals surface area contributed by atoms with E-state index in [-0.39, 0.29) is 123 Å². The number of carbonyl (C=O) groups is 5. The van der Waals surface area contributed by atoms with Crippen LogP contribution in [0.2, 0.25) is 0 Å². The Hall–Kier alpha value is -3.34. The standard InChI is InChI=1S/C55H101N5O24.C7H18NO4P/c1-5-20-75-21-9-7-6-8-16-59-44(67)28-45(68)60-55(32-76-25-13-41(64)56-17-10-22-79-52-35(2)46(69)49(72)38(29-61)82-52,33-77-26-14-42(65)57-18-11-23-80-53-36(3)47(70)50(73)39(30-62)83-53)34-78-27-15-43(66)58-19-12-24-81-54-37(4)48(71)51(74)40(31-63)84-54;1-11-13(9,10)12-7-5-3-2-4-6-8/h35-40,46-54,61-63,69-74H,5-34H2,1-4H3,(H,56,64)(H,57,65)(H,58,66)(H,59,67)(H,60,68);2-8H2,1H3,(H,9,10)/t35?,36?,37?,38?,39?,40?,46-,47-,48-,49+,50+,51+,52-,53-,54-,55?;/m1./s1. The summed E-state index contributed by atoms with van der Waals surface area (Å²) in [4.78, 5) is 74.3. The van der Waals surface area contributed by atoms with Gasteiger partial charge in [0.05, 0.1) is 104 Å². The maximum absolute atomic E-state index is 13.7. The van der Waals surface area contributed by atoms with Crippen LogP contribution in [0, 0.1) is 17.8 Å². The van der Waals surface area contributed by atoms with E-state index in [2.05, 4.69) is 35.6 Å². The maximum Gasteiger partial charge on any atom is 0.471 e. The number of aliphatic hydroxyl groups excluding tert-OH is 9. The SMILES string of the molecule is CCCOCCCCCCNC(=O)CC(=O)NC(COCCC(=O)NCCCO[C@@H]1OC(CO)[C@H](O)[C@H](O)C1C)(COCCC(=O)NCCCO[C@@H]1OC(CO)[C@H](O)[C@H](O)C1C)COCCC(=O)NCCCO[C@@H]1OC(CO)[C@H](O)[C@H](O)C1C.COP(=O)(O)OCCCCCCN. The molecule has 17 N–H and O–H groups in total. The molecule has 0 aromatic heterocycles. The molecule has 0 aliphatic carbocycles. The lowest BCUT2D eigenvalue weighted by Crippen LogP contribution is -2.59. The fourth-order valence-electron chi connectivity index (χ4n) is 10.1. The van der Waals surface area contributed by atoms with Crippen molar-refractivity contribution in [3.05, 3.63) is 0 Å². The molecule has 35 heteroatoms. The van der Waals surface area contributed by atoms with Gasteiger partial charge in [0.25, 0.3) is 0 Å². The van der Waals surface area contributed by atoms with E-state index in [1.54, 1.807) is 20.8 Å². The van der Waals surface area contributed by atoms with Crippen molar-refractivity contribution in [3.8, 4) is 0 Å². The minimum absolute atomic E-state index is 0.121. The predicted molar refractivity (Wildman–Crippen MR) is 346 cm³/mol. The number of phosphoric acid groups is 1. The Morgan fingerprint density at radius 1 is 0.454 bits per heavy atom. The van der Waals surface area contributed by atoms with Gasteiger partial charge in [0.2, 0.25) is 29.5 Å². The zero-order valence-corrected chi connectivity index (χ0v) is 58.4. The number of hydrogen-bond donors (Lipinski definition) is 16. The number of carbonyl (C=O) groups excluding carboxylic acids is 5. The second-order valence-corrected chi connectivity index (χ2v) is 26.0. The molecule has 97 heavy (non-hydrogen) atoms. The third-order valence-electron chi connectivity index (χ3n) is 16.1. The summed E-state index contributed by atoms with van der Waals surface area (Å²) in [5.74, 6) is -4.14. The van der Waals surface area contributed by atoms with Crippen molar-refractivity contribution in [1.82, 2.24) is 26.6 Å². The van der Waals surface area contributed by atoms with Crippen molar-refractivity contribution in [2.75, 3.05) is 139 Å². The van der Waals surface area contributed by atoms with Gasteiger partial charge in [0, 0.05) is 83.5 Å². The van der Waals surface area contributed by atoms with Crippen LogP contribution in [0.3, 0.4) is 0 Å². The molecule has 5 amide bonds. The number of aliphatic hydroxyl groups is 9. The summed E-state index contributed by atoms with van der Waals surface area (Å²) in [5, 5.41) is 104. The monoisotopic (exact) mass is 1430 g/mol. The van der Waals surface area contributed by atoms with E-state index in [1.807, 2.05) is 6.92 Å². The van der Waals surface area contributed by atoms with Crippen LogP contribution < -0.4 is 32.3 Å². The normalized spacial score (nSPS) is 26.9. The van der Waals surface area contributed by atoms with Crippen molar-refractivity contribution in [1.29, 1.82) is 0 Å². The molecule has 16 atom stereocenters. The molecule has 3 saturated heterocycles. The average molecular weight is 1430 g/mol. The van der Waals surface area contributed by atoms with E-state index in [0.717, 1.165) is 58.5 Å². The van der Waals surface area contributed by atoms with Gasteiger partial charge >= 0.3 is 7.82 Å². The van der Waals surface area contributed by atoms with Gasteiger partial charge < -0.3 is 131 Å². The minimum atomic E-state index is -3.75. The molecule has 0 aromatic rings. The number of hydrogen-bond acceptors (Lipinski definition) is 28. The number of rotatable bonds is 53. The number of phosphoric ester groups is 1. The number of unbranched alkanes of at least 4 members (excludes halogenated alkanes) is 6. The van der Waals surface area contributed by atoms with Gasteiger partial charge in [-0.3, -0.25) is 33.0 Å². The first kappa shape index (κ1) is 89.7. The highest BCUT2D eigenvalue weighted by Gasteiger charge is 2.45. The predicted octanol–water partition coefficient (Wildman–Crippen LogP) is -2.38. The molecular formula is C62H119N6O28P. The molecule has 0 spiro atoms. The minimum Gasteiger partial charge on any atom is -0.394 e. The first-order chi connectivity index (χ1) is 46.4. The molecule has 0 radical (unpaired) electrons. The Kier molecular flexibility index (Phi) is 48.7. The largest absolute Gasteiger partial charge is 0.471 e. The van der Waals surface area contributed by atoms with Crippen molar-refractivity contribution < 1.29 is 136 Å². The van der Waals surface area contributed by atoms with Crippen molar-refractivity contribution in [2.45, 2.75) is 210 Å². The van der Waals surface area contributed by atoms with Gasteiger partial charge in [0.1, 0.15) is 48.6 Å². The van der Waals surface area contributed by atoms with E-state index in [4.69, 9.17) is 58.0 Å². The van der Waals surface area contributed by atoms with Gasteiger partial charge in [-0.15, -0.1) is 0 Å². The first-order valence-electron chi connectivity index (χ1n) is 34.1. The van der Waals surface area contributed by atoms with Crippen LogP contribution in [-0.2, 0) is 85.0 Å². The summed E-state index contributed by atoms with van der Waals surface area (Å²) in [5.41, 5.74) is 3.77. The molecule has 3 aliphatic heterocycles. The maximum atomic E-state index is 13.7. The molecule has 0 bridgehead atoms. The summed E-state index contributed by atoms with van der Waals surface area (Å²) >= 11 is 0. The van der Waals surface area contributed by atoms with Crippen LogP contribution in [-0.4, -0.2) is 299 Å². The summed E-state index contributed by atoms with van der Waals surface area (Å²) < 4.78 is 77.0. The van der Waals surface area contributed by atoms with E-state index >= 15 is 0 Å². The summed E-state index contributed by atoms with van der Waals surface area (Å²) in [6.45, 7) is 7.68.